The van der Waals surface area contributed by atoms with Gasteiger partial charge in [-0.25, -0.2) is 0 Å². The van der Waals surface area contributed by atoms with E-state index in [1.807, 2.05) is 18.4 Å². The van der Waals surface area contributed by atoms with E-state index in [9.17, 15) is 9.59 Å². The van der Waals surface area contributed by atoms with Crippen LogP contribution in [0.5, 0.6) is 0 Å². The number of carboxylic acids is 1. The number of amides is 1. The van der Waals surface area contributed by atoms with Crippen molar-refractivity contribution >= 4 is 23.2 Å². The Hall–Kier alpha value is -1.36. The lowest BCUT2D eigenvalue weighted by molar-refractivity contribution is -0.140. The second kappa shape index (κ2) is 4.76. The molecule has 0 atom stereocenters. The topological polar surface area (TPSA) is 66.4 Å². The number of rotatable bonds is 4. The van der Waals surface area contributed by atoms with E-state index in [-0.39, 0.29) is 0 Å². The minimum Gasteiger partial charge on any atom is -0.481 e. The highest BCUT2D eigenvalue weighted by molar-refractivity contribution is 7.10. The van der Waals surface area contributed by atoms with E-state index in [4.69, 9.17) is 5.11 Å². The Kier molecular flexibility index (Phi) is 3.64. The predicted molar refractivity (Wildman–Crippen MR) is 53.2 cm³/mol. The van der Waals surface area contributed by atoms with Crippen LogP contribution in [-0.2, 0) is 16.1 Å². The molecule has 1 aromatic heterocycles. The second-order valence-electron chi connectivity index (χ2n) is 2.87. The molecule has 0 radical (unpaired) electrons. The quantitative estimate of drug-likeness (QED) is 0.737. The van der Waals surface area contributed by atoms with Gasteiger partial charge in [-0.3, -0.25) is 9.59 Å². The molecule has 1 rings (SSSR count). The van der Waals surface area contributed by atoms with Crippen molar-refractivity contribution in [2.24, 2.45) is 0 Å². The Balaban J connectivity index is 2.38. The third-order valence-corrected chi connectivity index (χ3v) is 2.75. The number of aliphatic carboxylic acids is 1. The Morgan fingerprint density at radius 1 is 1.57 bits per heavy atom. The summed E-state index contributed by atoms with van der Waals surface area (Å²) in [6.07, 6.45) is -0.468. The summed E-state index contributed by atoms with van der Waals surface area (Å²) >= 11 is 1.55. The van der Waals surface area contributed by atoms with E-state index < -0.39 is 18.3 Å². The van der Waals surface area contributed by atoms with Crippen LogP contribution in [0.15, 0.2) is 11.4 Å². The van der Waals surface area contributed by atoms with Gasteiger partial charge in [0.2, 0.25) is 5.91 Å². The molecule has 0 saturated carbocycles. The molecule has 14 heavy (non-hydrogen) atoms. The van der Waals surface area contributed by atoms with Gasteiger partial charge in [-0.15, -0.1) is 11.3 Å². The van der Waals surface area contributed by atoms with Gasteiger partial charge in [-0.2, -0.15) is 0 Å². The van der Waals surface area contributed by atoms with E-state index in [1.54, 1.807) is 11.3 Å². The first kappa shape index (κ1) is 10.7. The summed E-state index contributed by atoms with van der Waals surface area (Å²) in [6, 6.07) is 1.96. The van der Waals surface area contributed by atoms with Crippen molar-refractivity contribution in [3.8, 4) is 0 Å². The number of thiophene rings is 1. The van der Waals surface area contributed by atoms with Crippen LogP contribution in [0.3, 0.4) is 0 Å². The van der Waals surface area contributed by atoms with Gasteiger partial charge in [0, 0.05) is 4.88 Å². The van der Waals surface area contributed by atoms with Gasteiger partial charge in [-0.1, -0.05) is 0 Å². The molecule has 0 spiro atoms. The number of hydrogen-bond donors (Lipinski definition) is 2. The van der Waals surface area contributed by atoms with E-state index >= 15 is 0 Å². The number of aryl methyl sites for hydroxylation is 1. The third kappa shape index (κ3) is 3.18. The Morgan fingerprint density at radius 3 is 2.79 bits per heavy atom. The largest absolute Gasteiger partial charge is 0.481 e. The molecule has 0 aliphatic heterocycles. The highest BCUT2D eigenvalue weighted by Crippen LogP contribution is 2.14. The highest BCUT2D eigenvalue weighted by atomic mass is 32.1. The number of nitrogens with one attached hydrogen (secondary N) is 1. The zero-order valence-electron chi connectivity index (χ0n) is 7.74. The number of hydrogen-bond acceptors (Lipinski definition) is 3. The molecule has 1 heterocycles. The van der Waals surface area contributed by atoms with Crippen molar-refractivity contribution in [1.82, 2.24) is 5.32 Å². The van der Waals surface area contributed by atoms with Crippen LogP contribution in [0.4, 0.5) is 0 Å². The van der Waals surface area contributed by atoms with Crippen molar-refractivity contribution in [2.75, 3.05) is 0 Å². The standard InChI is InChI=1S/C9H11NO3S/c1-6-2-3-14-7(6)5-10-8(11)4-9(12)13/h2-3H,4-5H2,1H3,(H,10,11)(H,12,13). The molecular formula is C9H11NO3S. The molecule has 0 unspecified atom stereocenters. The zero-order chi connectivity index (χ0) is 10.6. The monoisotopic (exact) mass is 213 g/mol. The Morgan fingerprint density at radius 2 is 2.29 bits per heavy atom. The number of carbonyl (C=O) groups is 2. The summed E-state index contributed by atoms with van der Waals surface area (Å²) in [7, 11) is 0. The molecule has 2 N–H and O–H groups in total. The molecule has 5 heteroatoms. The maximum absolute atomic E-state index is 11.0. The van der Waals surface area contributed by atoms with E-state index in [0.29, 0.717) is 6.54 Å². The van der Waals surface area contributed by atoms with Gasteiger partial charge < -0.3 is 10.4 Å². The lowest BCUT2D eigenvalue weighted by atomic mass is 10.3. The average Bonchev–Trinajstić information content (AvgIpc) is 2.46. The molecule has 0 aromatic carbocycles. The molecule has 4 nitrogen and oxygen atoms in total. The lowest BCUT2D eigenvalue weighted by Crippen LogP contribution is -2.24. The lowest BCUT2D eigenvalue weighted by Gasteiger charge is -2.01. The van der Waals surface area contributed by atoms with Crippen LogP contribution in [0.25, 0.3) is 0 Å². The normalized spacial score (nSPS) is 9.79. The van der Waals surface area contributed by atoms with E-state index in [2.05, 4.69) is 5.32 Å². The fourth-order valence-electron chi connectivity index (χ4n) is 0.964. The number of carbonyl (C=O) groups excluding carboxylic acids is 1. The molecule has 0 aliphatic rings. The predicted octanol–water partition coefficient (Wildman–Crippen LogP) is 1.15. The van der Waals surface area contributed by atoms with Crippen LogP contribution in [0, 0.1) is 6.92 Å². The van der Waals surface area contributed by atoms with Crippen LogP contribution in [0.1, 0.15) is 16.9 Å². The molecule has 0 bridgehead atoms. The minimum atomic E-state index is -1.11. The molecule has 0 saturated heterocycles. The van der Waals surface area contributed by atoms with E-state index in [1.165, 1.54) is 0 Å². The van der Waals surface area contributed by atoms with Crippen LogP contribution in [-0.4, -0.2) is 17.0 Å². The molecular weight excluding hydrogens is 202 g/mol. The van der Waals surface area contributed by atoms with Gasteiger partial charge >= 0.3 is 5.97 Å². The smallest absolute Gasteiger partial charge is 0.312 e. The first-order valence-corrected chi connectivity index (χ1v) is 4.99. The van der Waals surface area contributed by atoms with Gasteiger partial charge in [0.25, 0.3) is 0 Å². The third-order valence-electron chi connectivity index (χ3n) is 1.73. The zero-order valence-corrected chi connectivity index (χ0v) is 8.56. The fraction of sp³-hybridized carbons (Fsp3) is 0.333. The highest BCUT2D eigenvalue weighted by Gasteiger charge is 2.07. The summed E-state index contributed by atoms with van der Waals surface area (Å²) in [5.74, 6) is -1.56. The molecule has 0 aliphatic carbocycles. The van der Waals surface area contributed by atoms with Crippen molar-refractivity contribution in [2.45, 2.75) is 19.9 Å². The van der Waals surface area contributed by atoms with Gasteiger partial charge in [0.15, 0.2) is 0 Å². The minimum absolute atomic E-state index is 0.412. The molecule has 76 valence electrons. The van der Waals surface area contributed by atoms with Gasteiger partial charge in [0.05, 0.1) is 6.54 Å². The Labute approximate surface area is 85.6 Å². The molecule has 1 aromatic rings. The van der Waals surface area contributed by atoms with Crippen molar-refractivity contribution in [3.63, 3.8) is 0 Å². The maximum atomic E-state index is 11.0. The van der Waals surface area contributed by atoms with Crippen molar-refractivity contribution in [1.29, 1.82) is 0 Å². The second-order valence-corrected chi connectivity index (χ2v) is 3.87. The first-order valence-electron chi connectivity index (χ1n) is 4.11. The van der Waals surface area contributed by atoms with Crippen LogP contribution in [0.2, 0.25) is 0 Å². The van der Waals surface area contributed by atoms with Crippen LogP contribution < -0.4 is 5.32 Å². The van der Waals surface area contributed by atoms with Gasteiger partial charge in [0.1, 0.15) is 6.42 Å². The average molecular weight is 213 g/mol. The summed E-state index contributed by atoms with van der Waals surface area (Å²) in [6.45, 7) is 2.37. The SMILES string of the molecule is Cc1ccsc1CNC(=O)CC(=O)O. The summed E-state index contributed by atoms with van der Waals surface area (Å²) in [5, 5.41) is 12.8. The summed E-state index contributed by atoms with van der Waals surface area (Å²) in [5.41, 5.74) is 1.12. The fourth-order valence-corrected chi connectivity index (χ4v) is 1.81. The summed E-state index contributed by atoms with van der Waals surface area (Å²) in [4.78, 5) is 22.2. The Bertz CT molecular complexity index is 346. The van der Waals surface area contributed by atoms with Gasteiger partial charge in [-0.05, 0) is 23.9 Å². The number of carboxylic acid groups (broad SMARTS) is 1. The summed E-state index contributed by atoms with van der Waals surface area (Å²) < 4.78 is 0. The maximum Gasteiger partial charge on any atom is 0.312 e. The first-order chi connectivity index (χ1) is 6.59. The van der Waals surface area contributed by atoms with Crippen molar-refractivity contribution in [3.05, 3.63) is 21.9 Å². The van der Waals surface area contributed by atoms with Crippen LogP contribution >= 0.6 is 11.3 Å². The van der Waals surface area contributed by atoms with Crippen molar-refractivity contribution < 1.29 is 14.7 Å². The molecule has 1 amide bonds. The molecule has 0 fully saturated rings. The van der Waals surface area contributed by atoms with E-state index in [0.717, 1.165) is 10.4 Å².